The van der Waals surface area contributed by atoms with Gasteiger partial charge >= 0.3 is 0 Å². The van der Waals surface area contributed by atoms with Gasteiger partial charge in [0.05, 0.1) is 12.2 Å². The third kappa shape index (κ3) is 5.90. The Morgan fingerprint density at radius 1 is 1.33 bits per heavy atom. The Labute approximate surface area is 182 Å². The van der Waals surface area contributed by atoms with Gasteiger partial charge in [0.2, 0.25) is 0 Å². The summed E-state index contributed by atoms with van der Waals surface area (Å²) in [6, 6.07) is 10.4. The van der Waals surface area contributed by atoms with Crippen molar-refractivity contribution in [1.29, 1.82) is 0 Å². The van der Waals surface area contributed by atoms with Crippen LogP contribution in [-0.2, 0) is 24.2 Å². The molecule has 0 saturated carbocycles. The van der Waals surface area contributed by atoms with Crippen molar-refractivity contribution in [3.8, 4) is 0 Å². The highest BCUT2D eigenvalue weighted by atomic mass is 32.1. The molecule has 30 heavy (non-hydrogen) atoms. The molecule has 0 spiro atoms. The van der Waals surface area contributed by atoms with E-state index in [1.165, 1.54) is 5.56 Å². The predicted octanol–water partition coefficient (Wildman–Crippen LogP) is 3.35. The lowest BCUT2D eigenvalue weighted by Gasteiger charge is -2.21. The van der Waals surface area contributed by atoms with E-state index in [1.54, 1.807) is 25.5 Å². The highest BCUT2D eigenvalue weighted by Gasteiger charge is 2.13. The van der Waals surface area contributed by atoms with Crippen molar-refractivity contribution in [1.82, 2.24) is 24.8 Å². The summed E-state index contributed by atoms with van der Waals surface area (Å²) in [5.74, 6) is 1.90. The van der Waals surface area contributed by atoms with Crippen molar-refractivity contribution in [3.05, 3.63) is 70.2 Å². The minimum absolute atomic E-state index is 0.0196. The van der Waals surface area contributed by atoms with Crippen molar-refractivity contribution in [2.45, 2.75) is 32.5 Å². The van der Waals surface area contributed by atoms with Gasteiger partial charge in [-0.25, -0.2) is 9.97 Å². The van der Waals surface area contributed by atoms with E-state index in [4.69, 9.17) is 4.74 Å². The van der Waals surface area contributed by atoms with Crippen molar-refractivity contribution in [3.63, 3.8) is 0 Å². The SMILES string of the molecule is CN=C(NCCc1nccn1Cc1ccccc1)N(C)Cc1csc(C(C)OC)n1. The molecule has 2 heterocycles. The summed E-state index contributed by atoms with van der Waals surface area (Å²) >= 11 is 1.63. The number of nitrogens with zero attached hydrogens (tertiary/aromatic N) is 5. The number of hydrogen-bond acceptors (Lipinski definition) is 5. The van der Waals surface area contributed by atoms with E-state index in [0.717, 1.165) is 42.0 Å². The van der Waals surface area contributed by atoms with Gasteiger partial charge < -0.3 is 19.5 Å². The van der Waals surface area contributed by atoms with Crippen LogP contribution in [0.1, 0.15) is 35.1 Å². The van der Waals surface area contributed by atoms with Crippen LogP contribution in [0.2, 0.25) is 0 Å². The minimum Gasteiger partial charge on any atom is -0.375 e. The van der Waals surface area contributed by atoms with Gasteiger partial charge in [0.1, 0.15) is 16.9 Å². The zero-order valence-corrected chi connectivity index (χ0v) is 18.9. The summed E-state index contributed by atoms with van der Waals surface area (Å²) in [5.41, 5.74) is 2.29. The van der Waals surface area contributed by atoms with E-state index < -0.39 is 0 Å². The third-order valence-corrected chi connectivity index (χ3v) is 5.93. The minimum atomic E-state index is 0.0196. The average molecular weight is 427 g/mol. The molecule has 1 atom stereocenters. The number of rotatable bonds is 9. The Kier molecular flexibility index (Phi) is 7.98. The second kappa shape index (κ2) is 10.9. The van der Waals surface area contributed by atoms with E-state index in [2.05, 4.69) is 59.4 Å². The average Bonchev–Trinajstić information content (AvgIpc) is 3.41. The summed E-state index contributed by atoms with van der Waals surface area (Å²) in [4.78, 5) is 15.7. The standard InChI is InChI=1S/C22H30N6OS/c1-17(29-4)21-26-19(16-30-21)15-27(3)22(23-2)25-11-10-20-24-12-13-28(20)14-18-8-6-5-7-9-18/h5-9,12-13,16-17H,10-11,14-15H2,1-4H3,(H,23,25). The van der Waals surface area contributed by atoms with Gasteiger partial charge in [-0.2, -0.15) is 0 Å². The molecule has 0 aliphatic heterocycles. The van der Waals surface area contributed by atoms with E-state index in [0.29, 0.717) is 6.54 Å². The number of ether oxygens (including phenoxy) is 1. The number of thiazole rings is 1. The molecular weight excluding hydrogens is 396 g/mol. The van der Waals surface area contributed by atoms with Gasteiger partial charge in [0, 0.05) is 58.5 Å². The van der Waals surface area contributed by atoms with Crippen molar-refractivity contribution < 1.29 is 4.74 Å². The van der Waals surface area contributed by atoms with Crippen molar-refractivity contribution in [2.24, 2.45) is 4.99 Å². The number of imidazole rings is 1. The molecule has 8 heteroatoms. The molecule has 1 unspecified atom stereocenters. The number of aromatic nitrogens is 3. The van der Waals surface area contributed by atoms with Gasteiger partial charge in [-0.3, -0.25) is 4.99 Å². The van der Waals surface area contributed by atoms with Crippen LogP contribution in [0.3, 0.4) is 0 Å². The monoisotopic (exact) mass is 426 g/mol. The second-order valence-corrected chi connectivity index (χ2v) is 7.98. The van der Waals surface area contributed by atoms with Gasteiger partial charge in [-0.1, -0.05) is 30.3 Å². The molecule has 1 aromatic carbocycles. The normalized spacial score (nSPS) is 12.7. The van der Waals surface area contributed by atoms with Crippen molar-refractivity contribution >= 4 is 17.3 Å². The Balaban J connectivity index is 1.51. The molecule has 0 aliphatic carbocycles. The van der Waals surface area contributed by atoms with Gasteiger partial charge in [-0.05, 0) is 12.5 Å². The maximum absolute atomic E-state index is 5.35. The number of methoxy groups -OCH3 is 1. The topological polar surface area (TPSA) is 67.6 Å². The number of guanidine groups is 1. The van der Waals surface area contributed by atoms with Crippen LogP contribution in [0.5, 0.6) is 0 Å². The molecule has 7 nitrogen and oxygen atoms in total. The molecule has 0 bridgehead atoms. The molecule has 3 aromatic rings. The molecule has 3 rings (SSSR count). The molecule has 0 saturated heterocycles. The molecule has 1 N–H and O–H groups in total. The first-order valence-corrected chi connectivity index (χ1v) is 10.9. The molecule has 160 valence electrons. The van der Waals surface area contributed by atoms with Crippen LogP contribution in [0.25, 0.3) is 0 Å². The van der Waals surface area contributed by atoms with Gasteiger partial charge in [0.15, 0.2) is 5.96 Å². The molecule has 2 aromatic heterocycles. The lowest BCUT2D eigenvalue weighted by atomic mass is 10.2. The van der Waals surface area contributed by atoms with Gasteiger partial charge in [0.25, 0.3) is 0 Å². The zero-order chi connectivity index (χ0) is 21.3. The van der Waals surface area contributed by atoms with E-state index >= 15 is 0 Å². The van der Waals surface area contributed by atoms with E-state index in [1.807, 2.05) is 32.4 Å². The van der Waals surface area contributed by atoms with Crippen LogP contribution in [0, 0.1) is 0 Å². The Morgan fingerprint density at radius 3 is 2.87 bits per heavy atom. The Bertz CT molecular complexity index is 936. The highest BCUT2D eigenvalue weighted by Crippen LogP contribution is 2.20. The van der Waals surface area contributed by atoms with Crippen LogP contribution in [0.15, 0.2) is 53.1 Å². The first kappa shape index (κ1) is 22.0. The summed E-state index contributed by atoms with van der Waals surface area (Å²) in [6.07, 6.45) is 4.73. The van der Waals surface area contributed by atoms with Gasteiger partial charge in [-0.15, -0.1) is 11.3 Å². The summed E-state index contributed by atoms with van der Waals surface area (Å²) in [6.45, 7) is 4.28. The lowest BCUT2D eigenvalue weighted by Crippen LogP contribution is -2.39. The summed E-state index contributed by atoms with van der Waals surface area (Å²) in [5, 5.41) is 6.51. The highest BCUT2D eigenvalue weighted by molar-refractivity contribution is 7.09. The Morgan fingerprint density at radius 2 is 2.13 bits per heavy atom. The summed E-state index contributed by atoms with van der Waals surface area (Å²) < 4.78 is 7.54. The van der Waals surface area contributed by atoms with Crippen LogP contribution in [0.4, 0.5) is 0 Å². The maximum Gasteiger partial charge on any atom is 0.193 e. The number of hydrogen-bond donors (Lipinski definition) is 1. The molecule has 0 radical (unpaired) electrons. The predicted molar refractivity (Wildman–Crippen MR) is 122 cm³/mol. The van der Waals surface area contributed by atoms with E-state index in [-0.39, 0.29) is 6.10 Å². The summed E-state index contributed by atoms with van der Waals surface area (Å²) in [7, 11) is 5.52. The second-order valence-electron chi connectivity index (χ2n) is 7.09. The number of benzene rings is 1. The van der Waals surface area contributed by atoms with Crippen LogP contribution in [-0.4, -0.2) is 53.1 Å². The fourth-order valence-electron chi connectivity index (χ4n) is 3.16. The zero-order valence-electron chi connectivity index (χ0n) is 18.1. The molecule has 0 aliphatic rings. The fourth-order valence-corrected chi connectivity index (χ4v) is 4.01. The molecule has 0 amide bonds. The first-order valence-electron chi connectivity index (χ1n) is 10.0. The maximum atomic E-state index is 5.35. The molecular formula is C22H30N6OS. The number of nitrogens with one attached hydrogen (secondary N) is 1. The first-order chi connectivity index (χ1) is 14.6. The van der Waals surface area contributed by atoms with Crippen LogP contribution < -0.4 is 5.32 Å². The Hall–Kier alpha value is -2.71. The third-order valence-electron chi connectivity index (χ3n) is 4.87. The fraction of sp³-hybridized carbons (Fsp3) is 0.409. The van der Waals surface area contributed by atoms with Crippen molar-refractivity contribution in [2.75, 3.05) is 27.7 Å². The lowest BCUT2D eigenvalue weighted by molar-refractivity contribution is 0.119. The molecule has 0 fully saturated rings. The van der Waals surface area contributed by atoms with Crippen LogP contribution >= 0.6 is 11.3 Å². The quantitative estimate of drug-likeness (QED) is 0.420. The number of aliphatic imine (C=N–C) groups is 1. The smallest absolute Gasteiger partial charge is 0.193 e. The largest absolute Gasteiger partial charge is 0.375 e. The van der Waals surface area contributed by atoms with E-state index in [9.17, 15) is 0 Å².